The van der Waals surface area contributed by atoms with Gasteiger partial charge in [0.05, 0.1) is 6.42 Å². The van der Waals surface area contributed by atoms with Gasteiger partial charge in [-0.15, -0.1) is 10.2 Å². The summed E-state index contributed by atoms with van der Waals surface area (Å²) in [6.45, 7) is 1.55. The smallest absolute Gasteiger partial charge is 0.233 e. The summed E-state index contributed by atoms with van der Waals surface area (Å²) in [5.41, 5.74) is 0.926. The van der Waals surface area contributed by atoms with Gasteiger partial charge in [-0.05, 0) is 29.8 Å². The molecule has 2 aliphatic heterocycles. The molecule has 0 spiro atoms. The monoisotopic (exact) mass is 407 g/mol. The fourth-order valence-corrected chi connectivity index (χ4v) is 3.63. The van der Waals surface area contributed by atoms with Gasteiger partial charge in [-0.1, -0.05) is 6.07 Å². The van der Waals surface area contributed by atoms with Gasteiger partial charge in [0, 0.05) is 44.4 Å². The minimum absolute atomic E-state index is 0.0180. The molecule has 0 N–H and O–H groups in total. The Kier molecular flexibility index (Phi) is 4.92. The van der Waals surface area contributed by atoms with Gasteiger partial charge in [-0.2, -0.15) is 5.10 Å². The van der Waals surface area contributed by atoms with Crippen LogP contribution in [0, 0.1) is 0 Å². The summed E-state index contributed by atoms with van der Waals surface area (Å²) in [7, 11) is 0. The molecule has 9 heteroatoms. The molecule has 1 saturated heterocycles. The van der Waals surface area contributed by atoms with Crippen LogP contribution in [0.1, 0.15) is 18.4 Å². The summed E-state index contributed by atoms with van der Waals surface area (Å²) < 4.78 is 18.3. The Balaban J connectivity index is 1.12. The maximum atomic E-state index is 12.7. The Hall–Kier alpha value is -3.62. The van der Waals surface area contributed by atoms with Gasteiger partial charge in [-0.25, -0.2) is 4.68 Å². The predicted octanol–water partition coefficient (Wildman–Crippen LogP) is 2.00. The number of aromatic nitrogens is 4. The van der Waals surface area contributed by atoms with E-state index in [4.69, 9.17) is 14.2 Å². The van der Waals surface area contributed by atoms with E-state index in [2.05, 4.69) is 15.3 Å². The molecule has 1 amide bonds. The van der Waals surface area contributed by atoms with Crippen molar-refractivity contribution < 1.29 is 19.0 Å². The molecule has 9 nitrogen and oxygen atoms in total. The van der Waals surface area contributed by atoms with E-state index in [-0.39, 0.29) is 18.8 Å². The largest absolute Gasteiger partial charge is 0.473 e. The van der Waals surface area contributed by atoms with Crippen LogP contribution < -0.4 is 14.2 Å². The van der Waals surface area contributed by atoms with E-state index in [0.717, 1.165) is 24.2 Å². The van der Waals surface area contributed by atoms with Crippen molar-refractivity contribution in [2.45, 2.75) is 25.4 Å². The van der Waals surface area contributed by atoms with Crippen molar-refractivity contribution in [3.05, 3.63) is 54.4 Å². The van der Waals surface area contributed by atoms with E-state index in [1.54, 1.807) is 23.1 Å². The molecule has 3 aromatic rings. The van der Waals surface area contributed by atoms with Crippen LogP contribution in [0.4, 0.5) is 0 Å². The Morgan fingerprint density at radius 3 is 2.73 bits per heavy atom. The molecule has 1 aromatic carbocycles. The van der Waals surface area contributed by atoms with Gasteiger partial charge in [0.15, 0.2) is 17.3 Å². The zero-order valence-corrected chi connectivity index (χ0v) is 16.3. The van der Waals surface area contributed by atoms with Crippen molar-refractivity contribution >= 4 is 5.91 Å². The first kappa shape index (κ1) is 18.4. The summed E-state index contributed by atoms with van der Waals surface area (Å²) in [5, 5.41) is 12.4. The van der Waals surface area contributed by atoms with E-state index >= 15 is 0 Å². The quantitative estimate of drug-likeness (QED) is 0.639. The van der Waals surface area contributed by atoms with Crippen molar-refractivity contribution in [1.82, 2.24) is 24.9 Å². The van der Waals surface area contributed by atoms with Gasteiger partial charge in [-0.3, -0.25) is 4.79 Å². The molecular weight excluding hydrogens is 386 g/mol. The first-order valence-electron chi connectivity index (χ1n) is 9.91. The van der Waals surface area contributed by atoms with Crippen LogP contribution in [0.25, 0.3) is 5.82 Å². The molecule has 0 radical (unpaired) electrons. The van der Waals surface area contributed by atoms with Crippen LogP contribution in [0.3, 0.4) is 0 Å². The van der Waals surface area contributed by atoms with Crippen LogP contribution in [-0.2, 0) is 11.2 Å². The number of benzene rings is 1. The molecule has 0 saturated carbocycles. The van der Waals surface area contributed by atoms with E-state index in [0.29, 0.717) is 37.0 Å². The molecule has 2 aromatic heterocycles. The number of amides is 1. The number of fused-ring (bicyclic) bond motifs is 1. The minimum atomic E-state index is 0.0180. The van der Waals surface area contributed by atoms with Gasteiger partial charge in [0.2, 0.25) is 18.6 Å². The number of likely N-dealkylation sites (tertiary alicyclic amines) is 1. The number of carbonyl (C=O) groups is 1. The Labute approximate surface area is 173 Å². The zero-order valence-electron chi connectivity index (χ0n) is 16.3. The molecule has 0 unspecified atom stereocenters. The average molecular weight is 407 g/mol. The highest BCUT2D eigenvalue weighted by molar-refractivity contribution is 5.79. The lowest BCUT2D eigenvalue weighted by atomic mass is 10.1. The van der Waals surface area contributed by atoms with Gasteiger partial charge < -0.3 is 19.1 Å². The third-order valence-corrected chi connectivity index (χ3v) is 5.24. The first-order chi connectivity index (χ1) is 14.7. The van der Waals surface area contributed by atoms with E-state index in [1.165, 1.54) is 0 Å². The van der Waals surface area contributed by atoms with Crippen LogP contribution in [0.15, 0.2) is 48.8 Å². The number of ether oxygens (including phenoxy) is 3. The van der Waals surface area contributed by atoms with Crippen molar-refractivity contribution in [3.8, 4) is 23.2 Å². The zero-order chi connectivity index (χ0) is 20.3. The van der Waals surface area contributed by atoms with Crippen molar-refractivity contribution in [1.29, 1.82) is 0 Å². The van der Waals surface area contributed by atoms with Gasteiger partial charge in [0.1, 0.15) is 6.10 Å². The fraction of sp³-hybridized carbons (Fsp3) is 0.333. The number of nitrogens with zero attached hydrogens (tertiary/aromatic N) is 5. The third-order valence-electron chi connectivity index (χ3n) is 5.24. The maximum absolute atomic E-state index is 12.7. The molecule has 0 aliphatic carbocycles. The van der Waals surface area contributed by atoms with E-state index < -0.39 is 0 Å². The third kappa shape index (κ3) is 3.91. The highest BCUT2D eigenvalue weighted by Crippen LogP contribution is 2.32. The minimum Gasteiger partial charge on any atom is -0.473 e. The second kappa shape index (κ2) is 8.02. The molecule has 5 rings (SSSR count). The first-order valence-corrected chi connectivity index (χ1v) is 9.91. The number of hydrogen-bond donors (Lipinski definition) is 0. The summed E-state index contributed by atoms with van der Waals surface area (Å²) in [6.07, 6.45) is 5.38. The van der Waals surface area contributed by atoms with Crippen molar-refractivity contribution in [2.24, 2.45) is 0 Å². The lowest BCUT2D eigenvalue weighted by molar-refractivity contribution is -0.132. The topological polar surface area (TPSA) is 91.6 Å². The molecular formula is C21H21N5O4. The van der Waals surface area contributed by atoms with Crippen LogP contribution in [0.2, 0.25) is 0 Å². The Morgan fingerprint density at radius 1 is 1.10 bits per heavy atom. The summed E-state index contributed by atoms with van der Waals surface area (Å²) >= 11 is 0. The maximum Gasteiger partial charge on any atom is 0.233 e. The highest BCUT2D eigenvalue weighted by atomic mass is 16.7. The summed E-state index contributed by atoms with van der Waals surface area (Å²) in [6, 6.07) is 11.1. The van der Waals surface area contributed by atoms with E-state index in [1.807, 2.05) is 35.2 Å². The fourth-order valence-electron chi connectivity index (χ4n) is 3.63. The van der Waals surface area contributed by atoms with Crippen molar-refractivity contribution in [2.75, 3.05) is 19.9 Å². The highest BCUT2D eigenvalue weighted by Gasteiger charge is 2.25. The molecule has 1 fully saturated rings. The van der Waals surface area contributed by atoms with Gasteiger partial charge in [0.25, 0.3) is 0 Å². The SMILES string of the molecule is O=C(Cc1ccc2c(c1)OCO2)N1CCC(Oc2ccc(-n3cccn3)nn2)CC1. The number of carbonyl (C=O) groups excluding carboxylic acids is 1. The lowest BCUT2D eigenvalue weighted by Crippen LogP contribution is -2.42. The van der Waals surface area contributed by atoms with Crippen molar-refractivity contribution in [3.63, 3.8) is 0 Å². The Bertz CT molecular complexity index is 1010. The van der Waals surface area contributed by atoms with Crippen LogP contribution in [-0.4, -0.2) is 56.8 Å². The molecule has 30 heavy (non-hydrogen) atoms. The molecule has 2 aliphatic rings. The summed E-state index contributed by atoms with van der Waals surface area (Å²) in [5.74, 6) is 2.65. The Morgan fingerprint density at radius 2 is 1.97 bits per heavy atom. The number of rotatable bonds is 5. The average Bonchev–Trinajstić information content (AvgIpc) is 3.47. The predicted molar refractivity (Wildman–Crippen MR) is 106 cm³/mol. The standard InChI is InChI=1S/C21H21N5O4/c27-21(13-15-2-3-17-18(12-15)29-14-28-17)25-10-6-16(7-11-25)30-20-5-4-19(23-24-20)26-9-1-8-22-26/h1-5,8-9,12,16H,6-7,10-11,13-14H2. The number of piperidine rings is 1. The molecule has 4 heterocycles. The second-order valence-corrected chi connectivity index (χ2v) is 7.24. The van der Waals surface area contributed by atoms with Gasteiger partial charge >= 0.3 is 0 Å². The van der Waals surface area contributed by atoms with Crippen LogP contribution in [0.5, 0.6) is 17.4 Å². The second-order valence-electron chi connectivity index (χ2n) is 7.24. The normalized spacial score (nSPS) is 15.9. The van der Waals surface area contributed by atoms with Crippen LogP contribution >= 0.6 is 0 Å². The molecule has 154 valence electrons. The molecule has 0 atom stereocenters. The lowest BCUT2D eigenvalue weighted by Gasteiger charge is -2.32. The summed E-state index contributed by atoms with van der Waals surface area (Å²) in [4.78, 5) is 14.6. The molecule has 0 bridgehead atoms. The number of hydrogen-bond acceptors (Lipinski definition) is 7. The van der Waals surface area contributed by atoms with E-state index in [9.17, 15) is 4.79 Å².